The highest BCUT2D eigenvalue weighted by atomic mass is 19.1. The number of rotatable bonds is 5. The zero-order valence-electron chi connectivity index (χ0n) is 10.1. The van der Waals surface area contributed by atoms with Gasteiger partial charge in [0, 0.05) is 6.54 Å². The summed E-state index contributed by atoms with van der Waals surface area (Å²) in [5.74, 6) is 1.14. The average Bonchev–Trinajstić information content (AvgIpc) is 3.01. The highest BCUT2D eigenvalue weighted by molar-refractivity contribution is 5.26. The van der Waals surface area contributed by atoms with Crippen LogP contribution in [0.1, 0.15) is 43.7 Å². The Hall–Kier alpha value is -0.890. The molecule has 0 unspecified atom stereocenters. The van der Waals surface area contributed by atoms with Gasteiger partial charge in [0.05, 0.1) is 0 Å². The molecular weight excluding hydrogens is 201 g/mol. The second-order valence-electron chi connectivity index (χ2n) is 5.12. The first kappa shape index (κ1) is 11.6. The number of halogens is 1. The zero-order valence-corrected chi connectivity index (χ0v) is 10.1. The first-order chi connectivity index (χ1) is 7.65. The Morgan fingerprint density at radius 1 is 1.31 bits per heavy atom. The lowest BCUT2D eigenvalue weighted by molar-refractivity contribution is 0.608. The molecule has 1 N–H and O–H groups in total. The van der Waals surface area contributed by atoms with Gasteiger partial charge in [-0.15, -0.1) is 0 Å². The van der Waals surface area contributed by atoms with Crippen molar-refractivity contribution in [3.8, 4) is 0 Å². The second kappa shape index (κ2) is 4.96. The number of hydrogen-bond acceptors (Lipinski definition) is 1. The molecule has 1 saturated carbocycles. The van der Waals surface area contributed by atoms with Gasteiger partial charge in [0.1, 0.15) is 5.82 Å². The minimum Gasteiger partial charge on any atom is -0.312 e. The summed E-state index contributed by atoms with van der Waals surface area (Å²) in [5.41, 5.74) is 2.15. The van der Waals surface area contributed by atoms with E-state index in [0.717, 1.165) is 30.1 Å². The minimum absolute atomic E-state index is 0.116. The van der Waals surface area contributed by atoms with Gasteiger partial charge >= 0.3 is 0 Å². The lowest BCUT2D eigenvalue weighted by Gasteiger charge is -2.09. The van der Waals surface area contributed by atoms with Gasteiger partial charge in [-0.2, -0.15) is 0 Å². The Kier molecular flexibility index (Phi) is 3.59. The minimum atomic E-state index is -0.116. The Morgan fingerprint density at radius 3 is 2.69 bits per heavy atom. The number of hydrogen-bond donors (Lipinski definition) is 1. The van der Waals surface area contributed by atoms with Crippen molar-refractivity contribution in [3.63, 3.8) is 0 Å². The molecule has 0 radical (unpaired) electrons. The van der Waals surface area contributed by atoms with Crippen LogP contribution in [0.2, 0.25) is 0 Å². The molecule has 1 aromatic rings. The largest absolute Gasteiger partial charge is 0.312 e. The van der Waals surface area contributed by atoms with Crippen molar-refractivity contribution >= 4 is 0 Å². The van der Waals surface area contributed by atoms with Crippen LogP contribution in [0.5, 0.6) is 0 Å². The Labute approximate surface area is 97.1 Å². The van der Waals surface area contributed by atoms with Crippen LogP contribution < -0.4 is 5.32 Å². The van der Waals surface area contributed by atoms with E-state index in [1.54, 1.807) is 12.1 Å². The van der Waals surface area contributed by atoms with Crippen LogP contribution in [0, 0.1) is 11.7 Å². The predicted molar refractivity (Wildman–Crippen MR) is 64.9 cm³/mol. The maximum atomic E-state index is 13.4. The van der Waals surface area contributed by atoms with E-state index in [4.69, 9.17) is 0 Å². The summed E-state index contributed by atoms with van der Waals surface area (Å²) in [5, 5.41) is 3.39. The average molecular weight is 221 g/mol. The highest BCUT2D eigenvalue weighted by Crippen LogP contribution is 2.27. The lowest BCUT2D eigenvalue weighted by atomic mass is 10.0. The highest BCUT2D eigenvalue weighted by Gasteiger charge is 2.20. The quantitative estimate of drug-likeness (QED) is 0.803. The molecule has 0 aromatic heterocycles. The first-order valence-electron chi connectivity index (χ1n) is 6.15. The third kappa shape index (κ3) is 3.31. The molecule has 2 rings (SSSR count). The van der Waals surface area contributed by atoms with E-state index in [1.165, 1.54) is 12.8 Å². The molecule has 0 heterocycles. The van der Waals surface area contributed by atoms with E-state index in [0.29, 0.717) is 5.92 Å². The van der Waals surface area contributed by atoms with Gasteiger partial charge in [-0.25, -0.2) is 4.39 Å². The van der Waals surface area contributed by atoms with Gasteiger partial charge in [0.15, 0.2) is 0 Å². The van der Waals surface area contributed by atoms with E-state index in [2.05, 4.69) is 25.2 Å². The molecule has 1 nitrogen and oxygen atoms in total. The molecule has 1 aromatic carbocycles. The maximum absolute atomic E-state index is 13.4. The topological polar surface area (TPSA) is 12.0 Å². The number of nitrogens with one attached hydrogen (secondary N) is 1. The van der Waals surface area contributed by atoms with Crippen molar-refractivity contribution in [2.75, 3.05) is 6.54 Å². The molecule has 2 heteroatoms. The molecule has 0 amide bonds. The van der Waals surface area contributed by atoms with Gasteiger partial charge in [0.2, 0.25) is 0 Å². The summed E-state index contributed by atoms with van der Waals surface area (Å²) in [7, 11) is 0. The van der Waals surface area contributed by atoms with Crippen LogP contribution in [0.25, 0.3) is 0 Å². The smallest absolute Gasteiger partial charge is 0.123 e. The van der Waals surface area contributed by atoms with E-state index >= 15 is 0 Å². The molecule has 0 atom stereocenters. The Balaban J connectivity index is 1.95. The van der Waals surface area contributed by atoms with Crippen molar-refractivity contribution in [1.29, 1.82) is 0 Å². The van der Waals surface area contributed by atoms with E-state index in [9.17, 15) is 4.39 Å². The van der Waals surface area contributed by atoms with Crippen LogP contribution in [-0.2, 0) is 6.54 Å². The van der Waals surface area contributed by atoms with Crippen LogP contribution in [0.4, 0.5) is 4.39 Å². The summed E-state index contributed by atoms with van der Waals surface area (Å²) >= 11 is 0. The van der Waals surface area contributed by atoms with Crippen LogP contribution in [0.3, 0.4) is 0 Å². The molecule has 1 aliphatic rings. The van der Waals surface area contributed by atoms with Gasteiger partial charge in [-0.1, -0.05) is 19.9 Å². The molecule has 1 aliphatic carbocycles. The van der Waals surface area contributed by atoms with E-state index < -0.39 is 0 Å². The van der Waals surface area contributed by atoms with Crippen molar-refractivity contribution in [3.05, 3.63) is 35.1 Å². The third-order valence-corrected chi connectivity index (χ3v) is 3.11. The van der Waals surface area contributed by atoms with Crippen LogP contribution in [0.15, 0.2) is 18.2 Å². The third-order valence-electron chi connectivity index (χ3n) is 3.11. The van der Waals surface area contributed by atoms with Crippen molar-refractivity contribution in [2.45, 2.75) is 39.2 Å². The molecule has 88 valence electrons. The van der Waals surface area contributed by atoms with E-state index in [-0.39, 0.29) is 5.82 Å². The fourth-order valence-electron chi connectivity index (χ4n) is 1.85. The maximum Gasteiger partial charge on any atom is 0.123 e. The summed E-state index contributed by atoms with van der Waals surface area (Å²) in [6.45, 7) is 6.05. The first-order valence-corrected chi connectivity index (χ1v) is 6.15. The molecular formula is C14H20FN. The van der Waals surface area contributed by atoms with Crippen molar-refractivity contribution < 1.29 is 4.39 Å². The van der Waals surface area contributed by atoms with Crippen molar-refractivity contribution in [1.82, 2.24) is 5.32 Å². The van der Waals surface area contributed by atoms with Gasteiger partial charge in [0.25, 0.3) is 0 Å². The Bertz CT molecular complexity index is 356. The molecule has 0 saturated heterocycles. The molecule has 1 fully saturated rings. The van der Waals surface area contributed by atoms with Crippen LogP contribution >= 0.6 is 0 Å². The summed E-state index contributed by atoms with van der Waals surface area (Å²) in [6, 6.07) is 5.37. The summed E-state index contributed by atoms with van der Waals surface area (Å²) < 4.78 is 13.4. The monoisotopic (exact) mass is 221 g/mol. The standard InChI is InChI=1S/C14H20FN/c1-10(2)13-5-12(6-14(15)7-13)9-16-8-11-3-4-11/h5-7,10-11,16H,3-4,8-9H2,1-2H3. The normalized spacial score (nSPS) is 15.8. The van der Waals surface area contributed by atoms with Gasteiger partial charge < -0.3 is 5.32 Å². The summed E-state index contributed by atoms with van der Waals surface area (Å²) in [4.78, 5) is 0. The molecule has 0 bridgehead atoms. The SMILES string of the molecule is CC(C)c1cc(F)cc(CNCC2CC2)c1. The fourth-order valence-corrected chi connectivity index (χ4v) is 1.85. The fraction of sp³-hybridized carbons (Fsp3) is 0.571. The van der Waals surface area contributed by atoms with Gasteiger partial charge in [-0.05, 0) is 54.5 Å². The zero-order chi connectivity index (χ0) is 11.5. The number of benzene rings is 1. The van der Waals surface area contributed by atoms with Crippen LogP contribution in [-0.4, -0.2) is 6.54 Å². The summed E-state index contributed by atoms with van der Waals surface area (Å²) in [6.07, 6.45) is 2.71. The molecule has 0 spiro atoms. The molecule has 0 aliphatic heterocycles. The lowest BCUT2D eigenvalue weighted by Crippen LogP contribution is -2.16. The van der Waals surface area contributed by atoms with E-state index in [1.807, 2.05) is 0 Å². The molecule has 16 heavy (non-hydrogen) atoms. The predicted octanol–water partition coefficient (Wildman–Crippen LogP) is 3.45. The van der Waals surface area contributed by atoms with Gasteiger partial charge in [-0.3, -0.25) is 0 Å². The Morgan fingerprint density at radius 2 is 2.06 bits per heavy atom. The van der Waals surface area contributed by atoms with Crippen molar-refractivity contribution in [2.24, 2.45) is 5.92 Å². The second-order valence-corrected chi connectivity index (χ2v) is 5.12.